The van der Waals surface area contributed by atoms with Gasteiger partial charge in [-0.05, 0) is 13.0 Å². The summed E-state index contributed by atoms with van der Waals surface area (Å²) in [5, 5.41) is 3.40. The number of aryl methyl sites for hydroxylation is 1. The molecule has 25 heavy (non-hydrogen) atoms. The summed E-state index contributed by atoms with van der Waals surface area (Å²) in [6.45, 7) is 2.50. The highest BCUT2D eigenvalue weighted by Gasteiger charge is 2.36. The normalized spacial score (nSPS) is 18.4. The quantitative estimate of drug-likeness (QED) is 0.802. The van der Waals surface area contributed by atoms with E-state index in [9.17, 15) is 27.6 Å². The van der Waals surface area contributed by atoms with E-state index in [4.69, 9.17) is 5.73 Å². The molecule has 2 heterocycles. The third-order valence-electron chi connectivity index (χ3n) is 4.02. The summed E-state index contributed by atoms with van der Waals surface area (Å²) in [6.07, 6.45) is -4.59. The number of aromatic nitrogens is 2. The summed E-state index contributed by atoms with van der Waals surface area (Å²) in [7, 11) is 0. The molecule has 0 aromatic carbocycles. The van der Waals surface area contributed by atoms with Gasteiger partial charge in [0.1, 0.15) is 12.6 Å². The molecule has 0 unspecified atom stereocenters. The van der Waals surface area contributed by atoms with Crippen molar-refractivity contribution in [3.05, 3.63) is 17.5 Å². The lowest BCUT2D eigenvalue weighted by Gasteiger charge is -2.39. The van der Waals surface area contributed by atoms with Crippen LogP contribution in [-0.2, 0) is 27.1 Å². The van der Waals surface area contributed by atoms with Crippen LogP contribution in [0.25, 0.3) is 0 Å². The van der Waals surface area contributed by atoms with Gasteiger partial charge in [-0.25, -0.2) is 0 Å². The van der Waals surface area contributed by atoms with Crippen LogP contribution in [-0.4, -0.2) is 63.0 Å². The predicted molar refractivity (Wildman–Crippen MR) is 78.9 cm³/mol. The molecular formula is C14H18F3N5O3. The molecule has 0 spiro atoms. The van der Waals surface area contributed by atoms with E-state index in [1.807, 2.05) is 0 Å². The number of rotatable bonds is 3. The Labute approximate surface area is 141 Å². The molecule has 3 amide bonds. The summed E-state index contributed by atoms with van der Waals surface area (Å²) in [5.74, 6) is -1.59. The number of hydrogen-bond donors (Lipinski definition) is 1. The zero-order valence-corrected chi connectivity index (χ0v) is 13.7. The van der Waals surface area contributed by atoms with Crippen molar-refractivity contribution in [2.24, 2.45) is 5.73 Å². The van der Waals surface area contributed by atoms with Gasteiger partial charge in [0.05, 0.1) is 6.54 Å². The van der Waals surface area contributed by atoms with E-state index in [0.717, 1.165) is 10.7 Å². The van der Waals surface area contributed by atoms with Crippen molar-refractivity contribution in [3.63, 3.8) is 0 Å². The van der Waals surface area contributed by atoms with E-state index in [-0.39, 0.29) is 31.2 Å². The lowest BCUT2D eigenvalue weighted by molar-refractivity contribution is -0.147. The molecule has 2 N–H and O–H groups in total. The second-order valence-electron chi connectivity index (χ2n) is 5.80. The van der Waals surface area contributed by atoms with Crippen molar-refractivity contribution in [2.45, 2.75) is 32.6 Å². The van der Waals surface area contributed by atoms with Crippen LogP contribution in [0.5, 0.6) is 0 Å². The van der Waals surface area contributed by atoms with E-state index in [0.29, 0.717) is 0 Å². The number of nitrogens with two attached hydrogens (primary N) is 1. The minimum atomic E-state index is -4.59. The number of hydrogen-bond acceptors (Lipinski definition) is 4. The maximum absolute atomic E-state index is 12.7. The third-order valence-corrected chi connectivity index (χ3v) is 4.02. The molecule has 0 saturated carbocycles. The van der Waals surface area contributed by atoms with E-state index >= 15 is 0 Å². The number of halogens is 3. The van der Waals surface area contributed by atoms with Gasteiger partial charge in [0.15, 0.2) is 5.69 Å². The molecule has 0 radical (unpaired) electrons. The number of carbonyl (C=O) groups is 3. The highest BCUT2D eigenvalue weighted by atomic mass is 19.4. The molecule has 0 aliphatic carbocycles. The number of nitrogens with zero attached hydrogens (tertiary/aromatic N) is 4. The van der Waals surface area contributed by atoms with Crippen LogP contribution in [0.2, 0.25) is 0 Å². The summed E-state index contributed by atoms with van der Waals surface area (Å²) < 4.78 is 39.0. The first-order valence-electron chi connectivity index (χ1n) is 7.46. The standard InChI is InChI=1S/C14H18F3N5O3/c1-8-5-11(14(15,16)17)19-22(8)7-12(24)20-3-4-21(9(2)23)10(6-20)13(18)25/h5,10H,3-4,6-7H2,1-2H3,(H2,18,25)/t10-/m0/s1. The zero-order chi connectivity index (χ0) is 18.9. The molecular weight excluding hydrogens is 343 g/mol. The zero-order valence-electron chi connectivity index (χ0n) is 13.7. The third kappa shape index (κ3) is 4.09. The molecule has 0 bridgehead atoms. The summed E-state index contributed by atoms with van der Waals surface area (Å²) >= 11 is 0. The number of primary amides is 1. The molecule has 2 rings (SSSR count). The first-order chi connectivity index (χ1) is 11.5. The molecule has 11 heteroatoms. The van der Waals surface area contributed by atoms with Crippen molar-refractivity contribution in [1.82, 2.24) is 19.6 Å². The topological polar surface area (TPSA) is 102 Å². The lowest BCUT2D eigenvalue weighted by atomic mass is 10.1. The van der Waals surface area contributed by atoms with Crippen LogP contribution in [0.4, 0.5) is 13.2 Å². The first-order valence-corrected chi connectivity index (χ1v) is 7.46. The van der Waals surface area contributed by atoms with Crippen LogP contribution in [0.3, 0.4) is 0 Å². The fraction of sp³-hybridized carbons (Fsp3) is 0.571. The van der Waals surface area contributed by atoms with Gasteiger partial charge >= 0.3 is 6.18 Å². The van der Waals surface area contributed by atoms with Crippen LogP contribution in [0.1, 0.15) is 18.3 Å². The smallest absolute Gasteiger partial charge is 0.368 e. The van der Waals surface area contributed by atoms with Crippen molar-refractivity contribution < 1.29 is 27.6 Å². The van der Waals surface area contributed by atoms with E-state index in [1.54, 1.807) is 0 Å². The molecule has 1 fully saturated rings. The van der Waals surface area contributed by atoms with Gasteiger partial charge in [0.25, 0.3) is 0 Å². The van der Waals surface area contributed by atoms with E-state index in [1.165, 1.54) is 23.6 Å². The maximum atomic E-state index is 12.7. The second-order valence-corrected chi connectivity index (χ2v) is 5.80. The number of piperazine rings is 1. The average molecular weight is 361 g/mol. The SMILES string of the molecule is CC(=O)N1CCN(C(=O)Cn2nc(C(F)(F)F)cc2C)C[C@H]1C(N)=O. The molecule has 1 saturated heterocycles. The monoisotopic (exact) mass is 361 g/mol. The van der Waals surface area contributed by atoms with Gasteiger partial charge in [0.2, 0.25) is 17.7 Å². The van der Waals surface area contributed by atoms with Crippen LogP contribution < -0.4 is 5.73 Å². The Bertz CT molecular complexity index is 700. The van der Waals surface area contributed by atoms with Crippen molar-refractivity contribution in [1.29, 1.82) is 0 Å². The summed E-state index contributed by atoms with van der Waals surface area (Å²) in [6, 6.07) is -0.104. The van der Waals surface area contributed by atoms with E-state index in [2.05, 4.69) is 5.10 Å². The minimum Gasteiger partial charge on any atom is -0.368 e. The first kappa shape index (κ1) is 18.7. The van der Waals surface area contributed by atoms with Crippen LogP contribution in [0.15, 0.2) is 6.07 Å². The van der Waals surface area contributed by atoms with Crippen LogP contribution >= 0.6 is 0 Å². The molecule has 1 aliphatic heterocycles. The Balaban J connectivity index is 2.10. The van der Waals surface area contributed by atoms with Gasteiger partial charge in [-0.15, -0.1) is 0 Å². The van der Waals surface area contributed by atoms with Gasteiger partial charge in [-0.3, -0.25) is 19.1 Å². The van der Waals surface area contributed by atoms with E-state index < -0.39 is 36.3 Å². The molecule has 138 valence electrons. The average Bonchev–Trinajstić information content (AvgIpc) is 2.87. The van der Waals surface area contributed by atoms with Gasteiger partial charge in [-0.2, -0.15) is 18.3 Å². The fourth-order valence-corrected chi connectivity index (χ4v) is 2.67. The second kappa shape index (κ2) is 6.73. The molecule has 1 aromatic heterocycles. The van der Waals surface area contributed by atoms with Gasteiger partial charge in [0, 0.05) is 25.7 Å². The number of amides is 3. The van der Waals surface area contributed by atoms with Gasteiger partial charge in [-0.1, -0.05) is 0 Å². The van der Waals surface area contributed by atoms with Crippen molar-refractivity contribution in [3.8, 4) is 0 Å². The van der Waals surface area contributed by atoms with Crippen LogP contribution in [0, 0.1) is 6.92 Å². The minimum absolute atomic E-state index is 0.0970. The van der Waals surface area contributed by atoms with Crippen molar-refractivity contribution >= 4 is 17.7 Å². The summed E-state index contributed by atoms with van der Waals surface area (Å²) in [5.41, 5.74) is 4.39. The Morgan fingerprint density at radius 2 is 1.96 bits per heavy atom. The Hall–Kier alpha value is -2.59. The highest BCUT2D eigenvalue weighted by molar-refractivity contribution is 5.87. The Morgan fingerprint density at radius 3 is 2.44 bits per heavy atom. The largest absolute Gasteiger partial charge is 0.435 e. The number of carbonyl (C=O) groups excluding carboxylic acids is 3. The maximum Gasteiger partial charge on any atom is 0.435 e. The Kier molecular flexibility index (Phi) is 5.04. The molecule has 1 aromatic rings. The lowest BCUT2D eigenvalue weighted by Crippen LogP contribution is -2.60. The predicted octanol–water partition coefficient (Wildman–Crippen LogP) is -0.245. The summed E-state index contributed by atoms with van der Waals surface area (Å²) in [4.78, 5) is 37.9. The molecule has 1 aliphatic rings. The fourth-order valence-electron chi connectivity index (χ4n) is 2.67. The molecule has 1 atom stereocenters. The number of alkyl halides is 3. The van der Waals surface area contributed by atoms with Gasteiger partial charge < -0.3 is 15.5 Å². The molecule has 8 nitrogen and oxygen atoms in total. The highest BCUT2D eigenvalue weighted by Crippen LogP contribution is 2.28. The Morgan fingerprint density at radius 1 is 1.32 bits per heavy atom. The van der Waals surface area contributed by atoms with Crippen molar-refractivity contribution in [2.75, 3.05) is 19.6 Å².